The Morgan fingerprint density at radius 1 is 1.33 bits per heavy atom. The van der Waals surface area contributed by atoms with Gasteiger partial charge in [-0.2, -0.15) is 0 Å². The van der Waals surface area contributed by atoms with E-state index >= 15 is 0 Å². The average Bonchev–Trinajstić information content (AvgIpc) is 2.03. The zero-order valence-corrected chi connectivity index (χ0v) is 8.78. The Labute approximate surface area is 76.4 Å². The molecular formula is C12H20. The summed E-state index contributed by atoms with van der Waals surface area (Å²) in [4.78, 5) is 0. The summed E-state index contributed by atoms with van der Waals surface area (Å²) in [6.07, 6.45) is 6.16. The van der Waals surface area contributed by atoms with Crippen LogP contribution in [0.2, 0.25) is 0 Å². The highest BCUT2D eigenvalue weighted by Gasteiger charge is 2.12. The number of hydrogen-bond donors (Lipinski definition) is 0. The van der Waals surface area contributed by atoms with E-state index in [0.717, 1.165) is 5.92 Å². The van der Waals surface area contributed by atoms with Crippen LogP contribution in [0.25, 0.3) is 0 Å². The van der Waals surface area contributed by atoms with Gasteiger partial charge in [0.05, 0.1) is 0 Å². The minimum atomic E-state index is 0.740. The lowest BCUT2D eigenvalue weighted by atomic mass is 9.85. The predicted molar refractivity (Wildman–Crippen MR) is 55.1 cm³/mol. The van der Waals surface area contributed by atoms with Crippen molar-refractivity contribution in [3.63, 3.8) is 0 Å². The van der Waals surface area contributed by atoms with E-state index in [9.17, 15) is 0 Å². The molecule has 1 aliphatic rings. The molecule has 68 valence electrons. The van der Waals surface area contributed by atoms with Crippen molar-refractivity contribution < 1.29 is 0 Å². The molecule has 0 N–H and O–H groups in total. The number of hydrogen-bond acceptors (Lipinski definition) is 0. The van der Waals surface area contributed by atoms with E-state index in [-0.39, 0.29) is 0 Å². The highest BCUT2D eigenvalue weighted by atomic mass is 14.2. The Hall–Kier alpha value is -0.520. The molecule has 1 rings (SSSR count). The third-order valence-corrected chi connectivity index (χ3v) is 2.70. The fraction of sp³-hybridized carbons (Fsp3) is 0.667. The molecule has 0 aromatic carbocycles. The van der Waals surface area contributed by atoms with Crippen molar-refractivity contribution in [2.24, 2.45) is 5.92 Å². The molecule has 0 saturated carbocycles. The fourth-order valence-electron chi connectivity index (χ4n) is 1.94. The molecule has 0 unspecified atom stereocenters. The van der Waals surface area contributed by atoms with Gasteiger partial charge < -0.3 is 0 Å². The first-order valence-corrected chi connectivity index (χ1v) is 5.04. The molecule has 1 aliphatic carbocycles. The van der Waals surface area contributed by atoms with E-state index in [0.29, 0.717) is 0 Å². The Morgan fingerprint density at radius 3 is 2.50 bits per heavy atom. The molecule has 0 atom stereocenters. The van der Waals surface area contributed by atoms with E-state index in [1.54, 1.807) is 16.7 Å². The van der Waals surface area contributed by atoms with Crippen LogP contribution in [0, 0.1) is 5.92 Å². The van der Waals surface area contributed by atoms with Crippen molar-refractivity contribution in [3.8, 4) is 0 Å². The zero-order chi connectivity index (χ0) is 9.14. The molecule has 0 aromatic heterocycles. The molecule has 0 heteroatoms. The Kier molecular flexibility index (Phi) is 3.13. The van der Waals surface area contributed by atoms with E-state index in [1.807, 2.05) is 0 Å². The summed E-state index contributed by atoms with van der Waals surface area (Å²) in [5, 5.41) is 0. The zero-order valence-electron chi connectivity index (χ0n) is 8.78. The Bertz CT molecular complexity index is 216. The summed E-state index contributed by atoms with van der Waals surface area (Å²) >= 11 is 0. The van der Waals surface area contributed by atoms with E-state index < -0.39 is 0 Å². The predicted octanol–water partition coefficient (Wildman–Crippen LogP) is 4.09. The van der Waals surface area contributed by atoms with Gasteiger partial charge in [-0.05, 0) is 37.7 Å². The molecule has 0 amide bonds. The van der Waals surface area contributed by atoms with Crippen LogP contribution in [0.1, 0.15) is 47.0 Å². The van der Waals surface area contributed by atoms with Gasteiger partial charge in [0.1, 0.15) is 0 Å². The van der Waals surface area contributed by atoms with Crippen molar-refractivity contribution in [1.82, 2.24) is 0 Å². The van der Waals surface area contributed by atoms with Crippen LogP contribution < -0.4 is 0 Å². The summed E-state index contributed by atoms with van der Waals surface area (Å²) in [6, 6.07) is 0. The molecule has 0 heterocycles. The molecule has 12 heavy (non-hydrogen) atoms. The van der Waals surface area contributed by atoms with Crippen LogP contribution in [-0.2, 0) is 0 Å². The van der Waals surface area contributed by atoms with Crippen molar-refractivity contribution >= 4 is 0 Å². The fourth-order valence-corrected chi connectivity index (χ4v) is 1.94. The van der Waals surface area contributed by atoms with Crippen LogP contribution in [0.5, 0.6) is 0 Å². The Balaban J connectivity index is 2.91. The van der Waals surface area contributed by atoms with Gasteiger partial charge in [0.15, 0.2) is 0 Å². The van der Waals surface area contributed by atoms with Crippen LogP contribution >= 0.6 is 0 Å². The number of allylic oxidation sites excluding steroid dienone is 4. The molecule has 0 spiro atoms. The smallest absolute Gasteiger partial charge is 0.0254 e. The van der Waals surface area contributed by atoms with E-state index in [4.69, 9.17) is 0 Å². The van der Waals surface area contributed by atoms with Crippen LogP contribution in [0.4, 0.5) is 0 Å². The van der Waals surface area contributed by atoms with Crippen molar-refractivity contribution in [2.75, 3.05) is 0 Å². The lowest BCUT2D eigenvalue weighted by Crippen LogP contribution is -2.03. The largest absolute Gasteiger partial charge is 0.0727 e. The minimum Gasteiger partial charge on any atom is -0.0727 e. The van der Waals surface area contributed by atoms with Gasteiger partial charge in [0, 0.05) is 0 Å². The first-order valence-electron chi connectivity index (χ1n) is 5.04. The van der Waals surface area contributed by atoms with Crippen LogP contribution in [0.3, 0.4) is 0 Å². The van der Waals surface area contributed by atoms with Gasteiger partial charge in [-0.3, -0.25) is 0 Å². The second-order valence-corrected chi connectivity index (χ2v) is 4.05. The third-order valence-electron chi connectivity index (χ3n) is 2.70. The maximum atomic E-state index is 2.39. The van der Waals surface area contributed by atoms with Crippen LogP contribution in [-0.4, -0.2) is 0 Å². The number of rotatable bonds is 2. The van der Waals surface area contributed by atoms with Crippen molar-refractivity contribution in [2.45, 2.75) is 47.0 Å². The summed E-state index contributed by atoms with van der Waals surface area (Å²) in [7, 11) is 0. The van der Waals surface area contributed by atoms with Gasteiger partial charge in [0.2, 0.25) is 0 Å². The molecular weight excluding hydrogens is 144 g/mol. The van der Waals surface area contributed by atoms with E-state index in [2.05, 4.69) is 33.8 Å². The summed E-state index contributed by atoms with van der Waals surface area (Å²) < 4.78 is 0. The molecule has 0 aliphatic heterocycles. The maximum absolute atomic E-state index is 2.39. The SMILES string of the molecule is CCC1=C(C(C)C)CCC(C)=C1. The normalized spacial score (nSPS) is 18.6. The standard InChI is InChI=1S/C12H20/c1-5-11-8-10(4)6-7-12(11)9(2)3/h8-9H,5-7H2,1-4H3. The third kappa shape index (κ3) is 2.00. The van der Waals surface area contributed by atoms with Gasteiger partial charge in [-0.25, -0.2) is 0 Å². The summed E-state index contributed by atoms with van der Waals surface area (Å²) in [5.41, 5.74) is 4.83. The van der Waals surface area contributed by atoms with Crippen LogP contribution in [0.15, 0.2) is 22.8 Å². The second kappa shape index (κ2) is 3.93. The minimum absolute atomic E-state index is 0.740. The first-order chi connectivity index (χ1) is 5.65. The quantitative estimate of drug-likeness (QED) is 0.576. The lowest BCUT2D eigenvalue weighted by Gasteiger charge is -2.20. The maximum Gasteiger partial charge on any atom is -0.0254 e. The Morgan fingerprint density at radius 2 is 2.00 bits per heavy atom. The van der Waals surface area contributed by atoms with E-state index in [1.165, 1.54) is 19.3 Å². The summed E-state index contributed by atoms with van der Waals surface area (Å²) in [6.45, 7) is 9.11. The van der Waals surface area contributed by atoms with Crippen molar-refractivity contribution in [1.29, 1.82) is 0 Å². The van der Waals surface area contributed by atoms with Gasteiger partial charge in [-0.15, -0.1) is 0 Å². The molecule has 0 fully saturated rings. The molecule has 0 nitrogen and oxygen atoms in total. The van der Waals surface area contributed by atoms with Gasteiger partial charge in [-0.1, -0.05) is 38.0 Å². The monoisotopic (exact) mass is 164 g/mol. The molecule has 0 bridgehead atoms. The second-order valence-electron chi connectivity index (χ2n) is 4.05. The molecule has 0 aromatic rings. The highest BCUT2D eigenvalue weighted by Crippen LogP contribution is 2.30. The summed E-state index contributed by atoms with van der Waals surface area (Å²) in [5.74, 6) is 0.740. The molecule has 0 radical (unpaired) electrons. The van der Waals surface area contributed by atoms with Gasteiger partial charge >= 0.3 is 0 Å². The van der Waals surface area contributed by atoms with Gasteiger partial charge in [0.25, 0.3) is 0 Å². The average molecular weight is 164 g/mol. The van der Waals surface area contributed by atoms with Crippen molar-refractivity contribution in [3.05, 3.63) is 22.8 Å². The topological polar surface area (TPSA) is 0 Å². The highest BCUT2D eigenvalue weighted by molar-refractivity contribution is 5.33. The first kappa shape index (κ1) is 9.57. The molecule has 0 saturated heterocycles. The lowest BCUT2D eigenvalue weighted by molar-refractivity contribution is 0.682.